The number of nitro benzene ring substituents is 1. The number of hydrogen-bond acceptors (Lipinski definition) is 7. The Morgan fingerprint density at radius 2 is 2.03 bits per heavy atom. The van der Waals surface area contributed by atoms with Crippen molar-refractivity contribution in [2.24, 2.45) is 0 Å². The lowest BCUT2D eigenvalue weighted by Crippen LogP contribution is -2.33. The lowest BCUT2D eigenvalue weighted by molar-refractivity contribution is -0.387. The predicted molar refractivity (Wildman–Crippen MR) is 103 cm³/mol. The van der Waals surface area contributed by atoms with Crippen molar-refractivity contribution in [2.75, 3.05) is 5.32 Å². The van der Waals surface area contributed by atoms with E-state index >= 15 is 0 Å². The van der Waals surface area contributed by atoms with E-state index in [1.165, 1.54) is 13.3 Å². The number of benzene rings is 2. The van der Waals surface area contributed by atoms with Gasteiger partial charge < -0.3 is 10.1 Å². The lowest BCUT2D eigenvalue weighted by atomic mass is 10.2. The Bertz CT molecular complexity index is 1210. The summed E-state index contributed by atoms with van der Waals surface area (Å²) in [5.41, 5.74) is -0.798. The van der Waals surface area contributed by atoms with Crippen LogP contribution in [-0.4, -0.2) is 32.5 Å². The van der Waals surface area contributed by atoms with Crippen LogP contribution in [-0.2, 0) is 20.9 Å². The normalized spacial score (nSPS) is 11.7. The van der Waals surface area contributed by atoms with E-state index in [9.17, 15) is 28.9 Å². The van der Waals surface area contributed by atoms with Gasteiger partial charge in [-0.2, -0.15) is 4.39 Å². The maximum absolute atomic E-state index is 13.4. The molecule has 1 heterocycles. The molecular formula is C19H15FN4O6. The van der Waals surface area contributed by atoms with Crippen LogP contribution in [0.1, 0.15) is 6.92 Å². The van der Waals surface area contributed by atoms with Gasteiger partial charge in [0.2, 0.25) is 5.82 Å². The summed E-state index contributed by atoms with van der Waals surface area (Å²) >= 11 is 0. The monoisotopic (exact) mass is 414 g/mol. The van der Waals surface area contributed by atoms with Gasteiger partial charge in [-0.05, 0) is 31.2 Å². The number of ether oxygens (including phenoxy) is 1. The number of carbonyl (C=O) groups is 2. The molecule has 30 heavy (non-hydrogen) atoms. The fraction of sp³-hybridized carbons (Fsp3) is 0.158. The first-order valence-corrected chi connectivity index (χ1v) is 8.64. The summed E-state index contributed by atoms with van der Waals surface area (Å²) < 4.78 is 19.4. The van der Waals surface area contributed by atoms with Gasteiger partial charge in [0, 0.05) is 11.8 Å². The van der Waals surface area contributed by atoms with Crippen LogP contribution >= 0.6 is 0 Å². The molecule has 11 heteroatoms. The Morgan fingerprint density at radius 3 is 2.77 bits per heavy atom. The van der Waals surface area contributed by atoms with Crippen molar-refractivity contribution < 1.29 is 23.6 Å². The first-order chi connectivity index (χ1) is 14.3. The molecule has 1 aromatic heterocycles. The van der Waals surface area contributed by atoms with E-state index in [0.29, 0.717) is 10.9 Å². The highest BCUT2D eigenvalue weighted by molar-refractivity contribution is 5.95. The summed E-state index contributed by atoms with van der Waals surface area (Å²) in [5, 5.41) is 13.4. The number of nitrogens with zero attached hydrogens (tertiary/aromatic N) is 3. The van der Waals surface area contributed by atoms with Crippen molar-refractivity contribution >= 4 is 34.2 Å². The molecule has 0 radical (unpaired) electrons. The molecule has 1 atom stereocenters. The van der Waals surface area contributed by atoms with Crippen molar-refractivity contribution in [2.45, 2.75) is 19.6 Å². The molecule has 0 saturated heterocycles. The molecule has 0 bridgehead atoms. The number of fused-ring (bicyclic) bond motifs is 1. The van der Waals surface area contributed by atoms with Crippen LogP contribution in [0.2, 0.25) is 0 Å². The van der Waals surface area contributed by atoms with Crippen LogP contribution in [0, 0.1) is 15.9 Å². The number of rotatable bonds is 6. The number of anilines is 1. The summed E-state index contributed by atoms with van der Waals surface area (Å²) in [7, 11) is 0. The highest BCUT2D eigenvalue weighted by Gasteiger charge is 2.21. The SMILES string of the molecule is C[C@@H](OC(=O)Cn1cnc2ccccc2c1=O)C(=O)Nc1ccc(F)c([N+](=O)[O-])c1. The van der Waals surface area contributed by atoms with Crippen molar-refractivity contribution in [1.29, 1.82) is 0 Å². The molecular weight excluding hydrogens is 399 g/mol. The Morgan fingerprint density at radius 1 is 1.30 bits per heavy atom. The van der Waals surface area contributed by atoms with Gasteiger partial charge in [0.15, 0.2) is 6.10 Å². The van der Waals surface area contributed by atoms with E-state index in [2.05, 4.69) is 10.3 Å². The zero-order valence-corrected chi connectivity index (χ0v) is 15.6. The van der Waals surface area contributed by atoms with Gasteiger partial charge in [0.05, 0.1) is 22.2 Å². The second kappa shape index (κ2) is 8.47. The highest BCUT2D eigenvalue weighted by atomic mass is 19.1. The van der Waals surface area contributed by atoms with Crippen molar-refractivity contribution in [3.63, 3.8) is 0 Å². The van der Waals surface area contributed by atoms with Crippen LogP contribution < -0.4 is 10.9 Å². The van der Waals surface area contributed by atoms with Gasteiger partial charge in [-0.3, -0.25) is 29.1 Å². The lowest BCUT2D eigenvalue weighted by Gasteiger charge is -2.14. The quantitative estimate of drug-likeness (QED) is 0.370. The second-order valence-electron chi connectivity index (χ2n) is 6.24. The number of halogens is 1. The first kappa shape index (κ1) is 20.6. The summed E-state index contributed by atoms with van der Waals surface area (Å²) in [5.74, 6) is -2.69. The van der Waals surface area contributed by atoms with Gasteiger partial charge in [-0.25, -0.2) is 4.98 Å². The van der Waals surface area contributed by atoms with Crippen LogP contribution in [0.3, 0.4) is 0 Å². The smallest absolute Gasteiger partial charge is 0.326 e. The number of nitro groups is 1. The highest BCUT2D eigenvalue weighted by Crippen LogP contribution is 2.21. The molecule has 1 amide bonds. The summed E-state index contributed by atoms with van der Waals surface area (Å²) in [6.07, 6.45) is -0.0698. The van der Waals surface area contributed by atoms with E-state index < -0.39 is 46.5 Å². The Balaban J connectivity index is 1.65. The van der Waals surface area contributed by atoms with Crippen molar-refractivity contribution in [3.05, 3.63) is 75.1 Å². The molecule has 0 unspecified atom stereocenters. The van der Waals surface area contributed by atoms with Gasteiger partial charge in [-0.1, -0.05) is 12.1 Å². The second-order valence-corrected chi connectivity index (χ2v) is 6.24. The molecule has 1 N–H and O–H groups in total. The third kappa shape index (κ3) is 4.46. The zero-order valence-electron chi connectivity index (χ0n) is 15.6. The average molecular weight is 414 g/mol. The minimum absolute atomic E-state index is 0.0362. The first-order valence-electron chi connectivity index (χ1n) is 8.64. The maximum atomic E-state index is 13.4. The van der Waals surface area contributed by atoms with Crippen LogP contribution in [0.5, 0.6) is 0 Å². The number of amides is 1. The van der Waals surface area contributed by atoms with Crippen LogP contribution in [0.4, 0.5) is 15.8 Å². The topological polar surface area (TPSA) is 133 Å². The minimum atomic E-state index is -1.27. The van der Waals surface area contributed by atoms with Crippen LogP contribution in [0.15, 0.2) is 53.6 Å². The third-order valence-electron chi connectivity index (χ3n) is 4.12. The van der Waals surface area contributed by atoms with E-state index in [0.717, 1.165) is 22.8 Å². The van der Waals surface area contributed by atoms with Crippen LogP contribution in [0.25, 0.3) is 10.9 Å². The molecule has 3 aromatic rings. The third-order valence-corrected chi connectivity index (χ3v) is 4.12. The number of carbonyl (C=O) groups excluding carboxylic acids is 2. The predicted octanol–water partition coefficient (Wildman–Crippen LogP) is 2.01. The fourth-order valence-corrected chi connectivity index (χ4v) is 2.62. The number of aromatic nitrogens is 2. The molecule has 2 aromatic carbocycles. The maximum Gasteiger partial charge on any atom is 0.326 e. The molecule has 0 saturated carbocycles. The molecule has 0 aliphatic rings. The van der Waals surface area contributed by atoms with Crippen molar-refractivity contribution in [3.8, 4) is 0 Å². The fourth-order valence-electron chi connectivity index (χ4n) is 2.62. The molecule has 0 aliphatic heterocycles. The number of nitrogens with one attached hydrogen (secondary N) is 1. The Kier molecular flexibility index (Phi) is 5.81. The van der Waals surface area contributed by atoms with Gasteiger partial charge in [-0.15, -0.1) is 0 Å². The molecule has 3 rings (SSSR count). The Labute approximate surface area is 168 Å². The summed E-state index contributed by atoms with van der Waals surface area (Å²) in [4.78, 5) is 50.6. The van der Waals surface area contributed by atoms with Gasteiger partial charge in [0.1, 0.15) is 6.54 Å². The van der Waals surface area contributed by atoms with Gasteiger partial charge in [0.25, 0.3) is 11.5 Å². The number of para-hydroxylation sites is 1. The zero-order chi connectivity index (χ0) is 21.8. The van der Waals surface area contributed by atoms with E-state index in [1.807, 2.05) is 0 Å². The number of esters is 1. The summed E-state index contributed by atoms with van der Waals surface area (Å²) in [6, 6.07) is 9.44. The summed E-state index contributed by atoms with van der Waals surface area (Å²) in [6.45, 7) is 0.822. The van der Waals surface area contributed by atoms with Gasteiger partial charge >= 0.3 is 11.7 Å². The van der Waals surface area contributed by atoms with E-state index in [-0.39, 0.29) is 5.69 Å². The average Bonchev–Trinajstić information content (AvgIpc) is 2.71. The largest absolute Gasteiger partial charge is 0.451 e. The standard InChI is InChI=1S/C19H15FN4O6/c1-11(18(26)22-12-6-7-14(20)16(8-12)24(28)29)30-17(25)9-23-10-21-15-5-3-2-4-13(15)19(23)27/h2-8,10-11H,9H2,1H3,(H,22,26)/t11-/m1/s1. The number of hydrogen-bond donors (Lipinski definition) is 1. The van der Waals surface area contributed by atoms with Crippen molar-refractivity contribution in [1.82, 2.24) is 9.55 Å². The van der Waals surface area contributed by atoms with E-state index in [4.69, 9.17) is 4.74 Å². The molecule has 0 fully saturated rings. The minimum Gasteiger partial charge on any atom is -0.451 e. The molecule has 10 nitrogen and oxygen atoms in total. The molecule has 0 aliphatic carbocycles. The molecule has 154 valence electrons. The Hall–Kier alpha value is -4.15. The van der Waals surface area contributed by atoms with E-state index in [1.54, 1.807) is 24.3 Å². The molecule has 0 spiro atoms.